The van der Waals surface area contributed by atoms with Crippen LogP contribution in [0.5, 0.6) is 0 Å². The second kappa shape index (κ2) is 6.15. The Morgan fingerprint density at radius 2 is 1.76 bits per heavy atom. The topological polar surface area (TPSA) is 80.0 Å². The summed E-state index contributed by atoms with van der Waals surface area (Å²) in [5, 5.41) is 0. The molecule has 0 amide bonds. The van der Waals surface area contributed by atoms with Crippen molar-refractivity contribution in [1.29, 1.82) is 0 Å². The van der Waals surface area contributed by atoms with Crippen molar-refractivity contribution in [2.75, 3.05) is 4.90 Å². The molecule has 0 radical (unpaired) electrons. The van der Waals surface area contributed by atoms with Crippen LogP contribution < -0.4 is 16.4 Å². The molecule has 0 saturated heterocycles. The fourth-order valence-corrected chi connectivity index (χ4v) is 3.97. The number of halogens is 5. The molecule has 1 aromatic carbocycles. The number of benzene rings is 1. The van der Waals surface area contributed by atoms with Crippen molar-refractivity contribution in [3.8, 4) is 0 Å². The Labute approximate surface area is 149 Å². The molecular formula is C15H16BrF4N5. The second-order valence-corrected chi connectivity index (χ2v) is 6.93. The Bertz CT molecular complexity index is 753. The Balaban J connectivity index is 2.19. The lowest BCUT2D eigenvalue weighted by Gasteiger charge is -2.45. The first-order chi connectivity index (χ1) is 11.7. The highest BCUT2D eigenvalue weighted by Crippen LogP contribution is 2.44. The first kappa shape index (κ1) is 18.0. The van der Waals surface area contributed by atoms with E-state index < -0.39 is 23.2 Å². The van der Waals surface area contributed by atoms with Crippen LogP contribution in [0.25, 0.3) is 0 Å². The molecule has 3 rings (SSSR count). The fraction of sp³-hybridized carbons (Fsp3) is 0.467. The fourth-order valence-electron chi connectivity index (χ4n) is 3.44. The molecule has 1 saturated carbocycles. The number of hydrogen-bond donors (Lipinski definition) is 2. The van der Waals surface area contributed by atoms with Gasteiger partial charge in [0.15, 0.2) is 5.82 Å². The third-order valence-corrected chi connectivity index (χ3v) is 5.11. The lowest BCUT2D eigenvalue weighted by Crippen LogP contribution is -2.58. The SMILES string of the molecule is NC1=NC2(CCCCC2)N(c2ccc(Br)c(C(F)(F)F)c2F)C(N)=N1. The van der Waals surface area contributed by atoms with Gasteiger partial charge < -0.3 is 11.5 Å². The van der Waals surface area contributed by atoms with Crippen LogP contribution in [0.3, 0.4) is 0 Å². The monoisotopic (exact) mass is 421 g/mol. The standard InChI is InChI=1S/C15H16BrF4N5/c16-8-4-5-9(11(17)10(8)15(18,19)20)25-13(22)23-12(21)24-14(25)6-2-1-3-7-14/h4-5H,1-3,6-7H2,(H4,21,22,23,24). The normalized spacial score (nSPS) is 20.4. The smallest absolute Gasteiger partial charge is 0.369 e. The van der Waals surface area contributed by atoms with Crippen molar-refractivity contribution in [1.82, 2.24) is 0 Å². The quantitative estimate of drug-likeness (QED) is 0.678. The van der Waals surface area contributed by atoms with E-state index in [1.807, 2.05) is 0 Å². The molecule has 136 valence electrons. The molecule has 2 aliphatic rings. The van der Waals surface area contributed by atoms with Gasteiger partial charge in [0.2, 0.25) is 11.9 Å². The molecule has 1 aliphatic heterocycles. The van der Waals surface area contributed by atoms with Crippen LogP contribution in [-0.2, 0) is 6.18 Å². The van der Waals surface area contributed by atoms with Crippen LogP contribution in [0.15, 0.2) is 26.6 Å². The molecule has 5 nitrogen and oxygen atoms in total. The molecule has 1 aromatic rings. The molecule has 0 aromatic heterocycles. The van der Waals surface area contributed by atoms with Crippen LogP contribution in [0, 0.1) is 5.82 Å². The van der Waals surface area contributed by atoms with E-state index in [4.69, 9.17) is 11.5 Å². The van der Waals surface area contributed by atoms with Crippen molar-refractivity contribution in [3.05, 3.63) is 28.0 Å². The van der Waals surface area contributed by atoms with Gasteiger partial charge in [0.1, 0.15) is 11.2 Å². The Morgan fingerprint density at radius 3 is 2.36 bits per heavy atom. The van der Waals surface area contributed by atoms with Crippen molar-refractivity contribution < 1.29 is 17.6 Å². The highest BCUT2D eigenvalue weighted by Gasteiger charge is 2.45. The zero-order chi connectivity index (χ0) is 18.4. The third kappa shape index (κ3) is 3.07. The number of alkyl halides is 3. The molecule has 10 heteroatoms. The van der Waals surface area contributed by atoms with Crippen molar-refractivity contribution >= 4 is 33.5 Å². The summed E-state index contributed by atoms with van der Waals surface area (Å²) in [5.74, 6) is -1.63. The zero-order valence-electron chi connectivity index (χ0n) is 13.1. The summed E-state index contributed by atoms with van der Waals surface area (Å²) in [5.41, 5.74) is 8.93. The molecule has 0 atom stereocenters. The summed E-state index contributed by atoms with van der Waals surface area (Å²) in [4.78, 5) is 9.41. The largest absolute Gasteiger partial charge is 0.420 e. The van der Waals surface area contributed by atoms with Crippen LogP contribution in [-0.4, -0.2) is 17.6 Å². The number of aliphatic imine (C=N–C) groups is 2. The Hall–Kier alpha value is -1.84. The van der Waals surface area contributed by atoms with Crippen LogP contribution in [0.4, 0.5) is 23.2 Å². The van der Waals surface area contributed by atoms with Gasteiger partial charge in [0.25, 0.3) is 0 Å². The minimum Gasteiger partial charge on any atom is -0.369 e. The summed E-state index contributed by atoms with van der Waals surface area (Å²) >= 11 is 2.77. The van der Waals surface area contributed by atoms with Crippen LogP contribution in [0.2, 0.25) is 0 Å². The minimum atomic E-state index is -4.86. The maximum absolute atomic E-state index is 14.8. The van der Waals surface area contributed by atoms with E-state index in [9.17, 15) is 17.6 Å². The predicted molar refractivity (Wildman–Crippen MR) is 90.6 cm³/mol. The van der Waals surface area contributed by atoms with E-state index in [2.05, 4.69) is 25.9 Å². The predicted octanol–water partition coefficient (Wildman–Crippen LogP) is 3.72. The van der Waals surface area contributed by atoms with Gasteiger partial charge in [-0.2, -0.15) is 18.2 Å². The minimum absolute atomic E-state index is 0.0517. The van der Waals surface area contributed by atoms with Gasteiger partial charge in [-0.25, -0.2) is 9.38 Å². The molecule has 1 spiro atoms. The summed E-state index contributed by atoms with van der Waals surface area (Å²) in [6.45, 7) is 0. The van der Waals surface area contributed by atoms with Crippen molar-refractivity contribution in [3.63, 3.8) is 0 Å². The van der Waals surface area contributed by atoms with E-state index in [-0.39, 0.29) is 22.1 Å². The van der Waals surface area contributed by atoms with E-state index in [0.717, 1.165) is 25.3 Å². The lowest BCUT2D eigenvalue weighted by molar-refractivity contribution is -0.140. The van der Waals surface area contributed by atoms with Gasteiger partial charge in [-0.15, -0.1) is 0 Å². The molecule has 0 unspecified atom stereocenters. The second-order valence-electron chi connectivity index (χ2n) is 6.07. The van der Waals surface area contributed by atoms with Gasteiger partial charge in [-0.1, -0.05) is 22.4 Å². The molecule has 25 heavy (non-hydrogen) atoms. The van der Waals surface area contributed by atoms with E-state index in [1.54, 1.807) is 0 Å². The van der Waals surface area contributed by atoms with Gasteiger partial charge in [0.05, 0.1) is 5.69 Å². The Morgan fingerprint density at radius 1 is 1.12 bits per heavy atom. The molecule has 4 N–H and O–H groups in total. The number of rotatable bonds is 1. The van der Waals surface area contributed by atoms with Crippen molar-refractivity contribution in [2.45, 2.75) is 43.9 Å². The van der Waals surface area contributed by atoms with Gasteiger partial charge in [-0.3, -0.25) is 4.90 Å². The average molecular weight is 422 g/mol. The molecule has 1 heterocycles. The number of nitrogens with two attached hydrogens (primary N) is 2. The number of hydrogen-bond acceptors (Lipinski definition) is 5. The maximum Gasteiger partial charge on any atom is 0.420 e. The van der Waals surface area contributed by atoms with Gasteiger partial charge in [0, 0.05) is 4.47 Å². The average Bonchev–Trinajstić information content (AvgIpc) is 2.48. The van der Waals surface area contributed by atoms with Crippen LogP contribution >= 0.6 is 15.9 Å². The van der Waals surface area contributed by atoms with Gasteiger partial charge >= 0.3 is 6.18 Å². The van der Waals surface area contributed by atoms with Crippen LogP contribution in [0.1, 0.15) is 37.7 Å². The maximum atomic E-state index is 14.8. The highest BCUT2D eigenvalue weighted by molar-refractivity contribution is 9.10. The van der Waals surface area contributed by atoms with E-state index >= 15 is 0 Å². The molecule has 1 fully saturated rings. The van der Waals surface area contributed by atoms with Gasteiger partial charge in [-0.05, 0) is 37.8 Å². The first-order valence-electron chi connectivity index (χ1n) is 7.71. The third-order valence-electron chi connectivity index (χ3n) is 4.45. The lowest BCUT2D eigenvalue weighted by atomic mass is 9.87. The number of anilines is 1. The Kier molecular flexibility index (Phi) is 4.42. The summed E-state index contributed by atoms with van der Waals surface area (Å²) in [6, 6.07) is 2.39. The number of guanidine groups is 2. The highest BCUT2D eigenvalue weighted by atomic mass is 79.9. The number of nitrogens with zero attached hydrogens (tertiary/aromatic N) is 3. The molecular weight excluding hydrogens is 406 g/mol. The zero-order valence-corrected chi connectivity index (χ0v) is 14.7. The van der Waals surface area contributed by atoms with Crippen molar-refractivity contribution in [2.24, 2.45) is 21.5 Å². The van der Waals surface area contributed by atoms with E-state index in [1.165, 1.54) is 11.0 Å². The summed E-state index contributed by atoms with van der Waals surface area (Å²) in [7, 11) is 0. The first-order valence-corrected chi connectivity index (χ1v) is 8.50. The summed E-state index contributed by atoms with van der Waals surface area (Å²) in [6.07, 6.45) is -1.33. The van der Waals surface area contributed by atoms with E-state index in [0.29, 0.717) is 12.8 Å². The molecule has 1 aliphatic carbocycles. The summed E-state index contributed by atoms with van der Waals surface area (Å²) < 4.78 is 54.2. The molecule has 0 bridgehead atoms.